The molecule has 3 N–H and O–H groups in total. The van der Waals surface area contributed by atoms with E-state index in [9.17, 15) is 14.7 Å². The average Bonchev–Trinajstić information content (AvgIpc) is 2.89. The van der Waals surface area contributed by atoms with Crippen LogP contribution in [0.4, 0.5) is 4.79 Å². The zero-order valence-electron chi connectivity index (χ0n) is 11.2. The topological polar surface area (TPSA) is 94.8 Å². The Labute approximate surface area is 116 Å². The molecule has 1 aliphatic rings. The molecular formula is C13H19N3O4. The van der Waals surface area contributed by atoms with Crippen LogP contribution >= 0.6 is 0 Å². The zero-order chi connectivity index (χ0) is 14.4. The number of nitrogens with one attached hydrogen (secondary N) is 2. The van der Waals surface area contributed by atoms with E-state index in [1.54, 1.807) is 12.1 Å². The van der Waals surface area contributed by atoms with Crippen molar-refractivity contribution in [1.82, 2.24) is 15.5 Å². The summed E-state index contributed by atoms with van der Waals surface area (Å²) in [6, 6.07) is 2.91. The summed E-state index contributed by atoms with van der Waals surface area (Å²) in [5.74, 6) is 0.239. The van der Waals surface area contributed by atoms with Gasteiger partial charge in [0.15, 0.2) is 0 Å². The van der Waals surface area contributed by atoms with Gasteiger partial charge >= 0.3 is 6.03 Å². The summed E-state index contributed by atoms with van der Waals surface area (Å²) in [5, 5.41) is 14.3. The summed E-state index contributed by atoms with van der Waals surface area (Å²) in [6.45, 7) is 1.58. The van der Waals surface area contributed by atoms with Crippen molar-refractivity contribution in [3.05, 3.63) is 24.2 Å². The van der Waals surface area contributed by atoms with E-state index in [4.69, 9.17) is 4.42 Å². The van der Waals surface area contributed by atoms with E-state index in [1.807, 2.05) is 4.90 Å². The Morgan fingerprint density at radius 3 is 3.05 bits per heavy atom. The second-order valence-corrected chi connectivity index (χ2v) is 4.84. The van der Waals surface area contributed by atoms with Gasteiger partial charge in [-0.05, 0) is 31.5 Å². The lowest BCUT2D eigenvalue weighted by Gasteiger charge is -2.29. The lowest BCUT2D eigenvalue weighted by molar-refractivity contribution is -0.121. The first-order valence-corrected chi connectivity index (χ1v) is 6.64. The molecular weight excluding hydrogens is 262 g/mol. The smallest absolute Gasteiger partial charge is 0.321 e. The van der Waals surface area contributed by atoms with Crippen molar-refractivity contribution in [2.75, 3.05) is 19.6 Å². The van der Waals surface area contributed by atoms with E-state index in [2.05, 4.69) is 10.6 Å². The van der Waals surface area contributed by atoms with Gasteiger partial charge < -0.3 is 14.8 Å². The van der Waals surface area contributed by atoms with Crippen LogP contribution in [0.3, 0.4) is 0 Å². The Hall–Kier alpha value is -1.86. The molecule has 7 heteroatoms. The maximum Gasteiger partial charge on any atom is 0.321 e. The summed E-state index contributed by atoms with van der Waals surface area (Å²) in [6.07, 6.45) is 2.76. The molecule has 0 aromatic carbocycles. The van der Waals surface area contributed by atoms with Gasteiger partial charge in [0.05, 0.1) is 25.5 Å². The second kappa shape index (κ2) is 7.06. The molecule has 2 rings (SSSR count). The molecule has 0 bridgehead atoms. The van der Waals surface area contributed by atoms with Gasteiger partial charge in [-0.25, -0.2) is 4.79 Å². The van der Waals surface area contributed by atoms with Gasteiger partial charge in [0, 0.05) is 6.54 Å². The molecule has 1 atom stereocenters. The molecule has 1 unspecified atom stereocenters. The normalized spacial score (nSPS) is 19.6. The van der Waals surface area contributed by atoms with Crippen LogP contribution < -0.4 is 10.6 Å². The first-order valence-electron chi connectivity index (χ1n) is 6.64. The number of carbonyl (C=O) groups excluding carboxylic acids is 2. The number of aliphatic hydroxyl groups excluding tert-OH is 1. The Morgan fingerprint density at radius 1 is 1.50 bits per heavy atom. The van der Waals surface area contributed by atoms with Gasteiger partial charge in [-0.15, -0.1) is 0 Å². The Balaban J connectivity index is 1.67. The van der Waals surface area contributed by atoms with Gasteiger partial charge in [0.25, 0.3) is 0 Å². The van der Waals surface area contributed by atoms with E-state index in [0.717, 1.165) is 19.4 Å². The number of likely N-dealkylation sites (tertiary alicyclic amines) is 1. The van der Waals surface area contributed by atoms with E-state index in [0.29, 0.717) is 12.3 Å². The molecule has 110 valence electrons. The maximum atomic E-state index is 11.7. The highest BCUT2D eigenvalue weighted by molar-refractivity contribution is 5.95. The maximum absolute atomic E-state index is 11.7. The van der Waals surface area contributed by atoms with Crippen LogP contribution in [0.15, 0.2) is 22.8 Å². The number of piperidine rings is 1. The predicted molar refractivity (Wildman–Crippen MR) is 70.8 cm³/mol. The SMILES string of the molecule is O=C(CN1CCCC(O)C1)NC(=O)NCc1ccco1. The van der Waals surface area contributed by atoms with Crippen LogP contribution in [0.25, 0.3) is 0 Å². The number of hydrogen-bond acceptors (Lipinski definition) is 5. The number of nitrogens with zero attached hydrogens (tertiary/aromatic N) is 1. The number of carbonyl (C=O) groups is 2. The van der Waals surface area contributed by atoms with E-state index >= 15 is 0 Å². The van der Waals surface area contributed by atoms with Crippen LogP contribution in [0.5, 0.6) is 0 Å². The Kier molecular flexibility index (Phi) is 5.14. The van der Waals surface area contributed by atoms with Gasteiger partial charge in [-0.1, -0.05) is 0 Å². The summed E-state index contributed by atoms with van der Waals surface area (Å²) < 4.78 is 5.06. The Morgan fingerprint density at radius 2 is 2.35 bits per heavy atom. The monoisotopic (exact) mass is 281 g/mol. The molecule has 20 heavy (non-hydrogen) atoms. The number of amides is 3. The minimum Gasteiger partial charge on any atom is -0.467 e. The first-order chi connectivity index (χ1) is 9.63. The summed E-state index contributed by atoms with van der Waals surface area (Å²) in [4.78, 5) is 25.0. The van der Waals surface area contributed by atoms with Gasteiger partial charge in [-0.3, -0.25) is 15.0 Å². The molecule has 1 fully saturated rings. The number of imide groups is 1. The van der Waals surface area contributed by atoms with E-state index in [1.165, 1.54) is 6.26 Å². The third-order valence-corrected chi connectivity index (χ3v) is 3.10. The fourth-order valence-electron chi connectivity index (χ4n) is 2.17. The minimum atomic E-state index is -0.552. The number of urea groups is 1. The molecule has 1 aromatic rings. The van der Waals surface area contributed by atoms with Gasteiger partial charge in [-0.2, -0.15) is 0 Å². The Bertz CT molecular complexity index is 446. The van der Waals surface area contributed by atoms with Crippen molar-refractivity contribution >= 4 is 11.9 Å². The standard InChI is InChI=1S/C13H19N3O4/c17-10-3-1-5-16(8-10)9-12(18)15-13(19)14-7-11-4-2-6-20-11/h2,4,6,10,17H,1,3,5,7-9H2,(H2,14,15,18,19). The fraction of sp³-hybridized carbons (Fsp3) is 0.538. The van der Waals surface area contributed by atoms with Crippen LogP contribution in [0.1, 0.15) is 18.6 Å². The van der Waals surface area contributed by atoms with Crippen molar-refractivity contribution in [2.24, 2.45) is 0 Å². The summed E-state index contributed by atoms with van der Waals surface area (Å²) in [5.41, 5.74) is 0. The number of furan rings is 1. The first kappa shape index (κ1) is 14.5. The number of β-amino-alcohol motifs (C(OH)–C–C–N with tert-alkyl or cyclic N) is 1. The molecule has 1 aromatic heterocycles. The zero-order valence-corrected chi connectivity index (χ0v) is 11.2. The highest BCUT2D eigenvalue weighted by atomic mass is 16.3. The molecule has 7 nitrogen and oxygen atoms in total. The largest absolute Gasteiger partial charge is 0.467 e. The van der Waals surface area contributed by atoms with Crippen LogP contribution in [-0.2, 0) is 11.3 Å². The third-order valence-electron chi connectivity index (χ3n) is 3.10. The molecule has 3 amide bonds. The average molecular weight is 281 g/mol. The number of hydrogen-bond donors (Lipinski definition) is 3. The van der Waals surface area contributed by atoms with Crippen molar-refractivity contribution in [3.63, 3.8) is 0 Å². The fourth-order valence-corrected chi connectivity index (χ4v) is 2.17. The lowest BCUT2D eigenvalue weighted by Crippen LogP contribution is -2.47. The molecule has 0 saturated carbocycles. The van der Waals surface area contributed by atoms with Crippen LogP contribution in [0.2, 0.25) is 0 Å². The molecule has 1 aliphatic heterocycles. The minimum absolute atomic E-state index is 0.116. The second-order valence-electron chi connectivity index (χ2n) is 4.84. The van der Waals surface area contributed by atoms with E-state index < -0.39 is 6.03 Å². The van der Waals surface area contributed by atoms with Gasteiger partial charge in [0.2, 0.25) is 5.91 Å². The molecule has 1 saturated heterocycles. The van der Waals surface area contributed by atoms with Crippen LogP contribution in [0, 0.1) is 0 Å². The summed E-state index contributed by atoms with van der Waals surface area (Å²) >= 11 is 0. The highest BCUT2D eigenvalue weighted by Gasteiger charge is 2.20. The lowest BCUT2D eigenvalue weighted by atomic mass is 10.1. The molecule has 0 aliphatic carbocycles. The number of aliphatic hydroxyl groups is 1. The van der Waals surface area contributed by atoms with Crippen molar-refractivity contribution < 1.29 is 19.1 Å². The molecule has 0 spiro atoms. The predicted octanol–water partition coefficient (Wildman–Crippen LogP) is 0.0621. The van der Waals surface area contributed by atoms with Crippen molar-refractivity contribution in [3.8, 4) is 0 Å². The number of rotatable bonds is 4. The van der Waals surface area contributed by atoms with Crippen molar-refractivity contribution in [1.29, 1.82) is 0 Å². The van der Waals surface area contributed by atoms with Crippen LogP contribution in [-0.4, -0.2) is 47.7 Å². The quantitative estimate of drug-likeness (QED) is 0.725. The highest BCUT2D eigenvalue weighted by Crippen LogP contribution is 2.08. The van der Waals surface area contributed by atoms with Gasteiger partial charge in [0.1, 0.15) is 5.76 Å². The molecule has 2 heterocycles. The summed E-state index contributed by atoms with van der Waals surface area (Å²) in [7, 11) is 0. The molecule has 0 radical (unpaired) electrons. The van der Waals surface area contributed by atoms with E-state index in [-0.39, 0.29) is 25.1 Å². The van der Waals surface area contributed by atoms with Crippen molar-refractivity contribution in [2.45, 2.75) is 25.5 Å². The third kappa shape index (κ3) is 4.67.